The van der Waals surface area contributed by atoms with Crippen LogP contribution in [0.5, 0.6) is 0 Å². The van der Waals surface area contributed by atoms with Crippen LogP contribution in [0.15, 0.2) is 29.6 Å². The summed E-state index contributed by atoms with van der Waals surface area (Å²) in [6.07, 6.45) is 0. The Hall–Kier alpha value is -2.12. The Bertz CT molecular complexity index is 839. The van der Waals surface area contributed by atoms with E-state index in [0.29, 0.717) is 22.1 Å². The number of benzene rings is 1. The summed E-state index contributed by atoms with van der Waals surface area (Å²) in [7, 11) is 0. The number of halogens is 1. The van der Waals surface area contributed by atoms with Crippen molar-refractivity contribution >= 4 is 28.6 Å². The zero-order chi connectivity index (χ0) is 16.4. The number of carbonyl (C=O) groups is 1. The van der Waals surface area contributed by atoms with Gasteiger partial charge in [0.2, 0.25) is 0 Å². The van der Waals surface area contributed by atoms with Crippen molar-refractivity contribution in [1.29, 1.82) is 0 Å². The van der Waals surface area contributed by atoms with Crippen LogP contribution in [0.4, 0.5) is 4.39 Å². The Labute approximate surface area is 141 Å². The lowest BCUT2D eigenvalue weighted by Gasteiger charge is -2.01. The largest absolute Gasteiger partial charge is 0.346 e. The molecule has 1 N–H and O–H groups in total. The summed E-state index contributed by atoms with van der Waals surface area (Å²) in [6.45, 7) is 4.12. The predicted octanol–water partition coefficient (Wildman–Crippen LogP) is 3.95. The van der Waals surface area contributed by atoms with Gasteiger partial charge in [0.05, 0.1) is 22.9 Å². The first-order valence-electron chi connectivity index (χ1n) is 6.95. The van der Waals surface area contributed by atoms with Crippen LogP contribution in [0.1, 0.15) is 26.1 Å². The molecule has 3 aromatic rings. The zero-order valence-corrected chi connectivity index (χ0v) is 14.2. The molecule has 0 aliphatic heterocycles. The molecule has 2 heterocycles. The standard InChI is InChI=1S/C16H14FN3OS2/c1-9-14(15(21)18-7-13-8-22-10(2)20-13)23-16(19-9)11-3-5-12(17)6-4-11/h3-6,8H,7H2,1-2H3,(H,18,21). The summed E-state index contributed by atoms with van der Waals surface area (Å²) in [5, 5.41) is 6.47. The fourth-order valence-corrected chi connectivity index (χ4v) is 3.66. The topological polar surface area (TPSA) is 54.9 Å². The third-order valence-corrected chi connectivity index (χ3v) is 5.22. The molecule has 1 aromatic carbocycles. The van der Waals surface area contributed by atoms with Gasteiger partial charge in [0.1, 0.15) is 15.7 Å². The molecule has 23 heavy (non-hydrogen) atoms. The lowest BCUT2D eigenvalue weighted by Crippen LogP contribution is -2.22. The Balaban J connectivity index is 1.74. The van der Waals surface area contributed by atoms with Gasteiger partial charge in [0.25, 0.3) is 5.91 Å². The van der Waals surface area contributed by atoms with Gasteiger partial charge in [-0.25, -0.2) is 14.4 Å². The van der Waals surface area contributed by atoms with Gasteiger partial charge in [-0.1, -0.05) is 0 Å². The number of aromatic nitrogens is 2. The Morgan fingerprint density at radius 1 is 1.22 bits per heavy atom. The van der Waals surface area contributed by atoms with Crippen LogP contribution in [0.25, 0.3) is 10.6 Å². The second-order valence-corrected chi connectivity index (χ2v) is 7.04. The molecule has 7 heteroatoms. The summed E-state index contributed by atoms with van der Waals surface area (Å²) in [5.41, 5.74) is 2.32. The number of aryl methyl sites for hydroxylation is 2. The average Bonchev–Trinajstić information content (AvgIpc) is 3.11. The number of nitrogens with one attached hydrogen (secondary N) is 1. The first-order valence-corrected chi connectivity index (χ1v) is 8.65. The van der Waals surface area contributed by atoms with Crippen molar-refractivity contribution in [2.75, 3.05) is 0 Å². The minimum Gasteiger partial charge on any atom is -0.346 e. The monoisotopic (exact) mass is 347 g/mol. The highest BCUT2D eigenvalue weighted by molar-refractivity contribution is 7.17. The van der Waals surface area contributed by atoms with Crippen molar-refractivity contribution in [2.24, 2.45) is 0 Å². The Kier molecular flexibility index (Phi) is 4.49. The van der Waals surface area contributed by atoms with E-state index in [-0.39, 0.29) is 11.7 Å². The van der Waals surface area contributed by atoms with E-state index in [1.807, 2.05) is 12.3 Å². The summed E-state index contributed by atoms with van der Waals surface area (Å²) in [6, 6.07) is 6.09. The van der Waals surface area contributed by atoms with E-state index in [0.717, 1.165) is 16.3 Å². The molecule has 0 fully saturated rings. The maximum absolute atomic E-state index is 13.0. The number of carbonyl (C=O) groups excluding carboxylic acids is 1. The van der Waals surface area contributed by atoms with Crippen molar-refractivity contribution in [3.8, 4) is 10.6 Å². The number of rotatable bonds is 4. The van der Waals surface area contributed by atoms with E-state index in [2.05, 4.69) is 15.3 Å². The average molecular weight is 347 g/mol. The normalized spacial score (nSPS) is 10.7. The van der Waals surface area contributed by atoms with Crippen LogP contribution in [-0.2, 0) is 6.54 Å². The predicted molar refractivity (Wildman–Crippen MR) is 90.3 cm³/mol. The summed E-state index contributed by atoms with van der Waals surface area (Å²) in [5.74, 6) is -0.461. The molecule has 2 aromatic heterocycles. The van der Waals surface area contributed by atoms with Gasteiger partial charge in [0, 0.05) is 10.9 Å². The zero-order valence-electron chi connectivity index (χ0n) is 12.6. The quantitative estimate of drug-likeness (QED) is 0.777. The fraction of sp³-hybridized carbons (Fsp3) is 0.188. The first kappa shape index (κ1) is 15.8. The number of nitrogens with zero attached hydrogens (tertiary/aromatic N) is 2. The third-order valence-electron chi connectivity index (χ3n) is 3.19. The highest BCUT2D eigenvalue weighted by Gasteiger charge is 2.16. The molecule has 0 saturated heterocycles. The number of thiazole rings is 2. The molecule has 0 bridgehead atoms. The summed E-state index contributed by atoms with van der Waals surface area (Å²) >= 11 is 2.86. The Morgan fingerprint density at radius 3 is 2.61 bits per heavy atom. The molecule has 0 radical (unpaired) electrons. The highest BCUT2D eigenvalue weighted by atomic mass is 32.1. The fourth-order valence-electron chi connectivity index (χ4n) is 2.06. The second kappa shape index (κ2) is 6.55. The van der Waals surface area contributed by atoms with Crippen LogP contribution in [0, 0.1) is 19.7 Å². The van der Waals surface area contributed by atoms with Crippen LogP contribution in [0.3, 0.4) is 0 Å². The van der Waals surface area contributed by atoms with Crippen molar-refractivity contribution in [3.63, 3.8) is 0 Å². The van der Waals surface area contributed by atoms with Crippen LogP contribution >= 0.6 is 22.7 Å². The molecule has 0 saturated carbocycles. The van der Waals surface area contributed by atoms with E-state index in [4.69, 9.17) is 0 Å². The molecular formula is C16H14FN3OS2. The van der Waals surface area contributed by atoms with E-state index < -0.39 is 0 Å². The number of hydrogen-bond acceptors (Lipinski definition) is 5. The molecule has 1 amide bonds. The molecule has 0 spiro atoms. The summed E-state index contributed by atoms with van der Waals surface area (Å²) < 4.78 is 13.0. The minimum atomic E-state index is -0.293. The Morgan fingerprint density at radius 2 is 1.96 bits per heavy atom. The molecule has 4 nitrogen and oxygen atoms in total. The van der Waals surface area contributed by atoms with Gasteiger partial charge in [-0.3, -0.25) is 4.79 Å². The lowest BCUT2D eigenvalue weighted by molar-refractivity contribution is 0.0953. The molecule has 118 valence electrons. The van der Waals surface area contributed by atoms with Crippen molar-refractivity contribution in [2.45, 2.75) is 20.4 Å². The van der Waals surface area contributed by atoms with Crippen LogP contribution in [0.2, 0.25) is 0 Å². The van der Waals surface area contributed by atoms with Gasteiger partial charge < -0.3 is 5.32 Å². The molecule has 0 atom stereocenters. The number of hydrogen-bond donors (Lipinski definition) is 1. The first-order chi connectivity index (χ1) is 11.0. The minimum absolute atomic E-state index is 0.168. The van der Waals surface area contributed by atoms with Gasteiger partial charge in [-0.05, 0) is 38.1 Å². The van der Waals surface area contributed by atoms with Crippen LogP contribution < -0.4 is 5.32 Å². The second-order valence-electron chi connectivity index (χ2n) is 4.98. The lowest BCUT2D eigenvalue weighted by atomic mass is 10.2. The molecule has 3 rings (SSSR count). The summed E-state index contributed by atoms with van der Waals surface area (Å²) in [4.78, 5) is 21.6. The van der Waals surface area contributed by atoms with Crippen molar-refractivity contribution in [1.82, 2.24) is 15.3 Å². The molecule has 0 unspecified atom stereocenters. The van der Waals surface area contributed by atoms with Crippen molar-refractivity contribution in [3.05, 3.63) is 56.7 Å². The molecule has 0 aliphatic carbocycles. The van der Waals surface area contributed by atoms with Crippen LogP contribution in [-0.4, -0.2) is 15.9 Å². The smallest absolute Gasteiger partial charge is 0.263 e. The highest BCUT2D eigenvalue weighted by Crippen LogP contribution is 2.28. The van der Waals surface area contributed by atoms with Crippen molar-refractivity contribution < 1.29 is 9.18 Å². The third kappa shape index (κ3) is 3.62. The maximum Gasteiger partial charge on any atom is 0.263 e. The maximum atomic E-state index is 13.0. The van der Waals surface area contributed by atoms with Gasteiger partial charge in [0.15, 0.2) is 0 Å². The van der Waals surface area contributed by atoms with E-state index in [9.17, 15) is 9.18 Å². The molecule has 0 aliphatic rings. The van der Waals surface area contributed by atoms with Gasteiger partial charge in [-0.2, -0.15) is 0 Å². The van der Waals surface area contributed by atoms with Gasteiger partial charge in [-0.15, -0.1) is 22.7 Å². The SMILES string of the molecule is Cc1nc(CNC(=O)c2sc(-c3ccc(F)cc3)nc2C)cs1. The van der Waals surface area contributed by atoms with E-state index in [1.54, 1.807) is 30.4 Å². The molecular weight excluding hydrogens is 333 g/mol. The van der Waals surface area contributed by atoms with E-state index >= 15 is 0 Å². The van der Waals surface area contributed by atoms with Gasteiger partial charge >= 0.3 is 0 Å². The number of amides is 1. The van der Waals surface area contributed by atoms with E-state index in [1.165, 1.54) is 23.5 Å².